The SMILES string of the molecule is CN(C)N(C)C.O=S1(=O)CCCC1. The van der Waals surface area contributed by atoms with Crippen molar-refractivity contribution in [1.29, 1.82) is 0 Å². The van der Waals surface area contributed by atoms with Crippen LogP contribution in [0.3, 0.4) is 0 Å². The summed E-state index contributed by atoms with van der Waals surface area (Å²) in [4.78, 5) is 0. The van der Waals surface area contributed by atoms with Crippen molar-refractivity contribution < 1.29 is 8.42 Å². The van der Waals surface area contributed by atoms with Gasteiger partial charge in [-0.3, -0.25) is 0 Å². The van der Waals surface area contributed by atoms with Gasteiger partial charge >= 0.3 is 0 Å². The third-order valence-corrected chi connectivity index (χ3v) is 3.78. The molecule has 0 aliphatic carbocycles. The quantitative estimate of drug-likeness (QED) is 0.578. The third kappa shape index (κ3) is 6.98. The van der Waals surface area contributed by atoms with Crippen molar-refractivity contribution in [3.8, 4) is 0 Å². The fourth-order valence-corrected chi connectivity index (χ4v) is 2.24. The summed E-state index contributed by atoms with van der Waals surface area (Å²) in [6.45, 7) is 0. The second kappa shape index (κ2) is 5.57. The van der Waals surface area contributed by atoms with Crippen LogP contribution in [0.2, 0.25) is 0 Å². The molecule has 0 N–H and O–H groups in total. The fraction of sp³-hybridized carbons (Fsp3) is 1.00. The highest BCUT2D eigenvalue weighted by Gasteiger charge is 2.16. The molecule has 1 heterocycles. The molecule has 0 unspecified atom stereocenters. The van der Waals surface area contributed by atoms with E-state index in [4.69, 9.17) is 0 Å². The van der Waals surface area contributed by atoms with E-state index in [1.54, 1.807) is 0 Å². The van der Waals surface area contributed by atoms with Crippen LogP contribution in [-0.2, 0) is 9.84 Å². The lowest BCUT2D eigenvalue weighted by Crippen LogP contribution is -2.28. The lowest BCUT2D eigenvalue weighted by atomic mass is 10.4. The standard InChI is InChI=1S/C4H12N2.C4H8O2S/c1-5(2)6(3)4;5-7(6)3-1-2-4-7/h1-4H3;1-4H2. The van der Waals surface area contributed by atoms with E-state index in [9.17, 15) is 8.42 Å². The van der Waals surface area contributed by atoms with E-state index in [1.165, 1.54) is 0 Å². The zero-order valence-electron chi connectivity index (χ0n) is 8.95. The van der Waals surface area contributed by atoms with Gasteiger partial charge in [0.15, 0.2) is 0 Å². The maximum atomic E-state index is 10.4. The van der Waals surface area contributed by atoms with Crippen LogP contribution in [-0.4, -0.2) is 58.1 Å². The molecule has 1 rings (SSSR count). The van der Waals surface area contributed by atoms with E-state index < -0.39 is 9.84 Å². The maximum absolute atomic E-state index is 10.4. The third-order valence-electron chi connectivity index (χ3n) is 1.96. The Morgan fingerprint density at radius 1 is 0.846 bits per heavy atom. The largest absolute Gasteiger partial charge is 0.248 e. The molecule has 1 aliphatic heterocycles. The van der Waals surface area contributed by atoms with E-state index in [-0.39, 0.29) is 0 Å². The van der Waals surface area contributed by atoms with Gasteiger partial charge in [0, 0.05) is 28.2 Å². The molecular weight excluding hydrogens is 188 g/mol. The number of hydrazine groups is 1. The molecule has 1 fully saturated rings. The van der Waals surface area contributed by atoms with Gasteiger partial charge in [-0.1, -0.05) is 0 Å². The molecule has 0 radical (unpaired) electrons. The van der Waals surface area contributed by atoms with Crippen LogP contribution in [0.25, 0.3) is 0 Å². The molecule has 1 saturated heterocycles. The van der Waals surface area contributed by atoms with E-state index in [0.29, 0.717) is 11.5 Å². The van der Waals surface area contributed by atoms with E-state index in [2.05, 4.69) is 0 Å². The molecule has 0 atom stereocenters. The molecule has 0 aromatic rings. The van der Waals surface area contributed by atoms with Crippen molar-refractivity contribution in [3.63, 3.8) is 0 Å². The maximum Gasteiger partial charge on any atom is 0.150 e. The molecule has 13 heavy (non-hydrogen) atoms. The molecule has 0 amide bonds. The minimum atomic E-state index is -2.55. The van der Waals surface area contributed by atoms with Crippen molar-refractivity contribution in [1.82, 2.24) is 10.0 Å². The highest BCUT2D eigenvalue weighted by atomic mass is 32.2. The monoisotopic (exact) mass is 208 g/mol. The van der Waals surface area contributed by atoms with Crippen LogP contribution in [0.15, 0.2) is 0 Å². The van der Waals surface area contributed by atoms with Gasteiger partial charge in [-0.2, -0.15) is 0 Å². The molecule has 0 aromatic heterocycles. The van der Waals surface area contributed by atoms with Crippen molar-refractivity contribution in [3.05, 3.63) is 0 Å². The zero-order valence-corrected chi connectivity index (χ0v) is 9.76. The van der Waals surface area contributed by atoms with Crippen LogP contribution in [0.4, 0.5) is 0 Å². The van der Waals surface area contributed by atoms with Gasteiger partial charge in [0.05, 0.1) is 11.5 Å². The first-order chi connectivity index (χ1) is 5.85. The molecule has 0 spiro atoms. The molecule has 80 valence electrons. The predicted octanol–water partition coefficient (Wildman–Crippen LogP) is 0.220. The molecule has 0 saturated carbocycles. The number of rotatable bonds is 1. The molecular formula is C8H20N2O2S. The van der Waals surface area contributed by atoms with Crippen LogP contribution in [0, 0.1) is 0 Å². The van der Waals surface area contributed by atoms with Gasteiger partial charge in [-0.05, 0) is 12.8 Å². The first-order valence-electron chi connectivity index (χ1n) is 4.40. The van der Waals surface area contributed by atoms with Gasteiger partial charge < -0.3 is 0 Å². The molecule has 1 aliphatic rings. The van der Waals surface area contributed by atoms with Gasteiger partial charge in [-0.25, -0.2) is 18.4 Å². The van der Waals surface area contributed by atoms with Gasteiger partial charge in [-0.15, -0.1) is 0 Å². The van der Waals surface area contributed by atoms with E-state index in [0.717, 1.165) is 12.8 Å². The van der Waals surface area contributed by atoms with Crippen LogP contribution < -0.4 is 0 Å². The zero-order chi connectivity index (χ0) is 10.5. The first kappa shape index (κ1) is 12.9. The van der Waals surface area contributed by atoms with Crippen molar-refractivity contribution in [2.24, 2.45) is 0 Å². The normalized spacial score (nSPS) is 20.2. The summed E-state index contributed by atoms with van der Waals surface area (Å²) in [5.41, 5.74) is 0. The van der Waals surface area contributed by atoms with Crippen LogP contribution in [0.5, 0.6) is 0 Å². The Morgan fingerprint density at radius 3 is 1.23 bits per heavy atom. The van der Waals surface area contributed by atoms with E-state index in [1.807, 2.05) is 38.2 Å². The second-order valence-electron chi connectivity index (χ2n) is 3.55. The van der Waals surface area contributed by atoms with Crippen molar-refractivity contribution in [2.75, 3.05) is 39.7 Å². The lowest BCUT2D eigenvalue weighted by Gasteiger charge is -2.17. The summed E-state index contributed by atoms with van der Waals surface area (Å²) >= 11 is 0. The summed E-state index contributed by atoms with van der Waals surface area (Å²) in [6.07, 6.45) is 1.75. The lowest BCUT2D eigenvalue weighted by molar-refractivity contribution is 0.0894. The summed E-state index contributed by atoms with van der Waals surface area (Å²) < 4.78 is 20.9. The van der Waals surface area contributed by atoms with Crippen molar-refractivity contribution >= 4 is 9.84 Å². The Bertz CT molecular complexity index is 204. The second-order valence-corrected chi connectivity index (χ2v) is 5.86. The molecule has 0 bridgehead atoms. The average Bonchev–Trinajstić information content (AvgIpc) is 2.35. The smallest absolute Gasteiger partial charge is 0.150 e. The number of nitrogens with zero attached hydrogens (tertiary/aromatic N) is 2. The Labute approximate surface area is 81.4 Å². The highest BCUT2D eigenvalue weighted by Crippen LogP contribution is 2.08. The predicted molar refractivity (Wildman–Crippen MR) is 55.3 cm³/mol. The fourth-order valence-electron chi connectivity index (χ4n) is 0.746. The van der Waals surface area contributed by atoms with Crippen molar-refractivity contribution in [2.45, 2.75) is 12.8 Å². The Balaban J connectivity index is 0.000000226. The molecule has 4 nitrogen and oxygen atoms in total. The first-order valence-corrected chi connectivity index (χ1v) is 6.22. The molecule has 0 aromatic carbocycles. The topological polar surface area (TPSA) is 40.6 Å². The Kier molecular flexibility index (Phi) is 5.51. The summed E-state index contributed by atoms with van der Waals surface area (Å²) in [7, 11) is 5.45. The van der Waals surface area contributed by atoms with Crippen LogP contribution in [0.1, 0.15) is 12.8 Å². The number of sulfone groups is 1. The van der Waals surface area contributed by atoms with Gasteiger partial charge in [0.25, 0.3) is 0 Å². The summed E-state index contributed by atoms with van der Waals surface area (Å²) in [5.74, 6) is 0.847. The Hall–Kier alpha value is -0.130. The van der Waals surface area contributed by atoms with Gasteiger partial charge in [0.1, 0.15) is 9.84 Å². The summed E-state index contributed by atoms with van der Waals surface area (Å²) in [5, 5.41) is 4.00. The molecule has 5 heteroatoms. The number of hydrogen-bond donors (Lipinski definition) is 0. The minimum Gasteiger partial charge on any atom is -0.248 e. The number of hydrogen-bond acceptors (Lipinski definition) is 4. The Morgan fingerprint density at radius 2 is 1.15 bits per heavy atom. The highest BCUT2D eigenvalue weighted by molar-refractivity contribution is 7.91. The summed E-state index contributed by atoms with van der Waals surface area (Å²) in [6, 6.07) is 0. The van der Waals surface area contributed by atoms with E-state index >= 15 is 0 Å². The van der Waals surface area contributed by atoms with Gasteiger partial charge in [0.2, 0.25) is 0 Å². The van der Waals surface area contributed by atoms with Crippen LogP contribution >= 0.6 is 0 Å². The minimum absolute atomic E-state index is 0.424. The average molecular weight is 208 g/mol.